The fraction of sp³-hybridized carbons (Fsp3) is 0.158. The van der Waals surface area contributed by atoms with Gasteiger partial charge in [-0.2, -0.15) is 10.1 Å². The van der Waals surface area contributed by atoms with E-state index in [-0.39, 0.29) is 0 Å². The number of fused-ring (bicyclic) bond motifs is 1. The Morgan fingerprint density at radius 1 is 1.07 bits per heavy atom. The summed E-state index contributed by atoms with van der Waals surface area (Å²) in [5.74, 6) is 0.774. The second-order valence-electron chi connectivity index (χ2n) is 6.91. The quantitative estimate of drug-likeness (QED) is 0.462. The molecule has 4 rings (SSSR count). The predicted molar refractivity (Wildman–Crippen MR) is 118 cm³/mol. The third-order valence-electron chi connectivity index (χ3n) is 4.31. The first-order valence-corrected chi connectivity index (χ1v) is 11.8. The maximum Gasteiger partial charge on any atom is 0.229 e. The van der Waals surface area contributed by atoms with Crippen molar-refractivity contribution in [3.63, 3.8) is 0 Å². The lowest BCUT2D eigenvalue weighted by Gasteiger charge is -2.15. The first kappa shape index (κ1) is 19.4. The number of hydrogen-bond acceptors (Lipinski definition) is 7. The summed E-state index contributed by atoms with van der Waals surface area (Å²) in [7, 11) is -0.637. The van der Waals surface area contributed by atoms with Gasteiger partial charge in [-0.3, -0.25) is 4.68 Å². The Hall–Kier alpha value is -2.96. The normalized spacial score (nSPS) is 11.6. The van der Waals surface area contributed by atoms with Gasteiger partial charge in [0, 0.05) is 17.7 Å². The van der Waals surface area contributed by atoms with Crippen molar-refractivity contribution in [3.05, 3.63) is 53.9 Å². The van der Waals surface area contributed by atoms with Crippen molar-refractivity contribution in [1.29, 1.82) is 0 Å². The van der Waals surface area contributed by atoms with Gasteiger partial charge in [-0.1, -0.05) is 23.7 Å². The molecule has 0 aliphatic heterocycles. The molecule has 2 N–H and O–H groups in total. The molecule has 0 saturated heterocycles. The van der Waals surface area contributed by atoms with Crippen LogP contribution in [0.2, 0.25) is 5.02 Å². The topological polar surface area (TPSA) is 97.6 Å². The average Bonchev–Trinajstić information content (AvgIpc) is 3.04. The number of halogens is 1. The Bertz CT molecular complexity index is 1250. The van der Waals surface area contributed by atoms with Crippen molar-refractivity contribution in [2.45, 2.75) is 0 Å². The third-order valence-corrected chi connectivity index (χ3v) is 6.14. The van der Waals surface area contributed by atoms with Crippen LogP contribution in [0.1, 0.15) is 0 Å². The molecular formula is C19H19ClN7OP. The lowest BCUT2D eigenvalue weighted by molar-refractivity contribution is 0.588. The monoisotopic (exact) mass is 427 g/mol. The summed E-state index contributed by atoms with van der Waals surface area (Å²) in [5, 5.41) is 12.5. The van der Waals surface area contributed by atoms with Crippen LogP contribution in [0.15, 0.2) is 48.9 Å². The Balaban J connectivity index is 1.63. The Morgan fingerprint density at radius 2 is 1.86 bits per heavy atom. The van der Waals surface area contributed by atoms with Crippen molar-refractivity contribution >= 4 is 58.2 Å². The van der Waals surface area contributed by atoms with E-state index < -0.39 is 7.14 Å². The van der Waals surface area contributed by atoms with E-state index in [0.717, 1.165) is 22.0 Å². The Labute approximate surface area is 172 Å². The molecule has 3 aromatic heterocycles. The van der Waals surface area contributed by atoms with Crippen LogP contribution in [-0.4, -0.2) is 38.1 Å². The highest BCUT2D eigenvalue weighted by atomic mass is 35.5. The number of nitrogens with zero attached hydrogens (tertiary/aromatic N) is 5. The molecule has 0 aliphatic carbocycles. The average molecular weight is 428 g/mol. The van der Waals surface area contributed by atoms with E-state index in [9.17, 15) is 4.57 Å². The van der Waals surface area contributed by atoms with Gasteiger partial charge in [-0.25, -0.2) is 9.97 Å². The van der Waals surface area contributed by atoms with Crippen LogP contribution in [-0.2, 0) is 11.6 Å². The van der Waals surface area contributed by atoms with Crippen LogP contribution in [0.5, 0.6) is 0 Å². The second kappa shape index (κ2) is 7.46. The standard InChI is InChI=1S/C19H19ClN7OP/c1-27-18-12(9-23-27)8-13(10-21-18)24-19-22-11-14(20)17(26-19)25-15-6-4-5-7-16(15)29(2,3)28/h4-11H,1-3H3,(H2,22,24,25,26). The summed E-state index contributed by atoms with van der Waals surface area (Å²) in [6.07, 6.45) is 4.94. The highest BCUT2D eigenvalue weighted by molar-refractivity contribution is 7.70. The maximum atomic E-state index is 12.6. The van der Waals surface area contributed by atoms with Crippen molar-refractivity contribution in [3.8, 4) is 0 Å². The van der Waals surface area contributed by atoms with Gasteiger partial charge < -0.3 is 15.2 Å². The Morgan fingerprint density at radius 3 is 2.66 bits per heavy atom. The summed E-state index contributed by atoms with van der Waals surface area (Å²) in [6, 6.07) is 9.33. The van der Waals surface area contributed by atoms with Crippen molar-refractivity contribution in [2.24, 2.45) is 7.05 Å². The molecule has 3 heterocycles. The number of benzene rings is 1. The minimum Gasteiger partial charge on any atom is -0.338 e. The van der Waals surface area contributed by atoms with Crippen LogP contribution < -0.4 is 15.9 Å². The summed E-state index contributed by atoms with van der Waals surface area (Å²) in [4.78, 5) is 13.1. The second-order valence-corrected chi connectivity index (χ2v) is 10.5. The van der Waals surface area contributed by atoms with Crippen LogP contribution in [0.3, 0.4) is 0 Å². The van der Waals surface area contributed by atoms with E-state index in [1.165, 1.54) is 6.20 Å². The van der Waals surface area contributed by atoms with E-state index in [1.54, 1.807) is 30.4 Å². The molecule has 8 nitrogen and oxygen atoms in total. The first-order chi connectivity index (χ1) is 13.8. The van der Waals surface area contributed by atoms with E-state index in [2.05, 4.69) is 30.7 Å². The number of hydrogen-bond donors (Lipinski definition) is 2. The SMILES string of the molecule is Cn1ncc2cc(Nc3ncc(Cl)c(Nc4ccccc4P(C)(C)=O)n3)cnc21. The summed E-state index contributed by atoms with van der Waals surface area (Å²) in [5.41, 5.74) is 2.21. The van der Waals surface area contributed by atoms with Crippen LogP contribution in [0, 0.1) is 0 Å². The number of aryl methyl sites for hydroxylation is 1. The summed E-state index contributed by atoms with van der Waals surface area (Å²) in [6.45, 7) is 3.45. The van der Waals surface area contributed by atoms with Crippen molar-refractivity contribution in [1.82, 2.24) is 24.7 Å². The molecule has 0 aliphatic rings. The van der Waals surface area contributed by atoms with Gasteiger partial charge in [0.15, 0.2) is 11.5 Å². The van der Waals surface area contributed by atoms with Crippen LogP contribution in [0.4, 0.5) is 23.1 Å². The minimum atomic E-state index is -2.48. The third kappa shape index (κ3) is 4.09. The zero-order chi connectivity index (χ0) is 20.6. The molecule has 0 bridgehead atoms. The van der Waals surface area contributed by atoms with Gasteiger partial charge in [0.05, 0.1) is 30.0 Å². The summed E-state index contributed by atoms with van der Waals surface area (Å²) >= 11 is 6.29. The number of pyridine rings is 1. The van der Waals surface area contributed by atoms with E-state index in [4.69, 9.17) is 11.6 Å². The molecule has 29 heavy (non-hydrogen) atoms. The van der Waals surface area contributed by atoms with Crippen LogP contribution in [0.25, 0.3) is 11.0 Å². The van der Waals surface area contributed by atoms with Crippen LogP contribution >= 0.6 is 18.7 Å². The molecule has 0 fully saturated rings. The van der Waals surface area contributed by atoms with Gasteiger partial charge in [0.2, 0.25) is 5.95 Å². The zero-order valence-electron chi connectivity index (χ0n) is 16.1. The highest BCUT2D eigenvalue weighted by Crippen LogP contribution is 2.38. The molecule has 0 saturated carbocycles. The number of para-hydroxylation sites is 1. The Kier molecular flexibility index (Phi) is 4.98. The van der Waals surface area contributed by atoms with Crippen molar-refractivity contribution < 1.29 is 4.57 Å². The molecule has 0 spiro atoms. The molecule has 10 heteroatoms. The molecule has 4 aromatic rings. The lowest BCUT2D eigenvalue weighted by Crippen LogP contribution is -2.11. The smallest absolute Gasteiger partial charge is 0.229 e. The molecule has 148 valence electrons. The maximum absolute atomic E-state index is 12.6. The molecular weight excluding hydrogens is 409 g/mol. The zero-order valence-corrected chi connectivity index (χ0v) is 17.7. The molecule has 0 amide bonds. The van der Waals surface area contributed by atoms with E-state index >= 15 is 0 Å². The first-order valence-electron chi connectivity index (χ1n) is 8.80. The predicted octanol–water partition coefficient (Wildman–Crippen LogP) is 4.15. The van der Waals surface area contributed by atoms with Gasteiger partial charge in [-0.05, 0) is 31.5 Å². The molecule has 0 atom stereocenters. The highest BCUT2D eigenvalue weighted by Gasteiger charge is 2.17. The molecule has 1 aromatic carbocycles. The van der Waals surface area contributed by atoms with Gasteiger partial charge >= 0.3 is 0 Å². The number of aromatic nitrogens is 5. The fourth-order valence-electron chi connectivity index (χ4n) is 2.93. The van der Waals surface area contributed by atoms with Crippen molar-refractivity contribution in [2.75, 3.05) is 24.0 Å². The fourth-order valence-corrected chi connectivity index (χ4v) is 4.23. The largest absolute Gasteiger partial charge is 0.338 e. The molecule has 0 unspecified atom stereocenters. The van der Waals surface area contributed by atoms with Gasteiger partial charge in [0.1, 0.15) is 12.2 Å². The van der Waals surface area contributed by atoms with Gasteiger partial charge in [-0.15, -0.1) is 0 Å². The van der Waals surface area contributed by atoms with Gasteiger partial charge in [0.25, 0.3) is 0 Å². The lowest BCUT2D eigenvalue weighted by atomic mass is 10.3. The van der Waals surface area contributed by atoms with E-state index in [0.29, 0.717) is 22.5 Å². The van der Waals surface area contributed by atoms with E-state index in [1.807, 2.05) is 37.4 Å². The molecule has 0 radical (unpaired) electrons. The minimum absolute atomic E-state index is 0.355. The number of anilines is 4. The summed E-state index contributed by atoms with van der Waals surface area (Å²) < 4.78 is 14.3. The number of rotatable bonds is 5. The number of nitrogens with one attached hydrogen (secondary N) is 2.